The van der Waals surface area contributed by atoms with Gasteiger partial charge in [-0.15, -0.1) is 19.7 Å². The fourth-order valence-corrected chi connectivity index (χ4v) is 5.26. The molecule has 0 amide bonds. The van der Waals surface area contributed by atoms with E-state index in [4.69, 9.17) is 4.18 Å². The molecule has 0 atom stereocenters. The minimum atomic E-state index is -5.01. The average Bonchev–Trinajstić information content (AvgIpc) is 2.94. The zero-order valence-electron chi connectivity index (χ0n) is 23.3. The zero-order chi connectivity index (χ0) is 30.8. The number of sulfone groups is 1. The summed E-state index contributed by atoms with van der Waals surface area (Å²) in [7, 11) is -8.77. The van der Waals surface area contributed by atoms with Crippen LogP contribution in [0.5, 0.6) is 11.5 Å². The largest absolute Gasteiger partial charge is 1.00 e. The Kier molecular flexibility index (Phi) is 21.5. The van der Waals surface area contributed by atoms with Crippen LogP contribution < -0.4 is 99.2 Å². The van der Waals surface area contributed by atoms with Gasteiger partial charge in [0, 0.05) is 17.0 Å². The summed E-state index contributed by atoms with van der Waals surface area (Å²) in [6.45, 7) is -0.305. The monoisotopic (exact) mass is 732 g/mol. The number of rotatable bonds is 15. The number of phenols is 2. The summed E-state index contributed by atoms with van der Waals surface area (Å²) in [4.78, 5) is -0.722. The number of aromatic hydroxyl groups is 2. The molecule has 0 fully saturated rings. The molecule has 0 spiro atoms. The number of phenolic OH excluding ortho intramolecular Hbond substituents is 2. The van der Waals surface area contributed by atoms with Gasteiger partial charge < -0.3 is 25.3 Å². The molecule has 0 radical (unpaired) electrons. The molecule has 0 unspecified atom stereocenters. The molecule has 0 bridgehead atoms. The van der Waals surface area contributed by atoms with Crippen molar-refractivity contribution in [1.82, 2.24) is 0 Å². The summed E-state index contributed by atoms with van der Waals surface area (Å²) in [6.07, 6.45) is 0. The van der Waals surface area contributed by atoms with Crippen molar-refractivity contribution in [3.05, 3.63) is 54.6 Å². The number of hydrogen-bond acceptors (Lipinski definition) is 20. The van der Waals surface area contributed by atoms with Gasteiger partial charge in [-0.05, 0) is 42.5 Å². The molecule has 3 aromatic rings. The molecule has 3 rings (SSSR count). The van der Waals surface area contributed by atoms with Gasteiger partial charge in [-0.1, -0.05) is 0 Å². The van der Waals surface area contributed by atoms with Gasteiger partial charge in [0.2, 0.25) is 0 Å². The number of nitrogens with zero attached hydrogens (tertiary/aromatic N) is 4. The van der Waals surface area contributed by atoms with Gasteiger partial charge in [0.25, 0.3) is 0 Å². The first-order chi connectivity index (χ1) is 19.9. The third kappa shape index (κ3) is 14.4. The van der Waals surface area contributed by atoms with Crippen molar-refractivity contribution in [2.75, 3.05) is 12.4 Å². The minimum Gasteiger partial charge on any atom is -0.744 e. The van der Waals surface area contributed by atoms with Crippen molar-refractivity contribution in [2.24, 2.45) is 20.5 Å². The van der Waals surface area contributed by atoms with Crippen LogP contribution in [0.15, 0.2) is 89.7 Å². The predicted octanol–water partition coefficient (Wildman–Crippen LogP) is -6.35. The molecule has 2 N–H and O–H groups in total. The summed E-state index contributed by atoms with van der Waals surface area (Å²) < 4.78 is 72.2. The van der Waals surface area contributed by atoms with Gasteiger partial charge in [-0.3, -0.25) is 14.3 Å². The second kappa shape index (κ2) is 21.7. The molecule has 0 saturated heterocycles. The van der Waals surface area contributed by atoms with Crippen molar-refractivity contribution >= 4 is 67.1 Å². The van der Waals surface area contributed by atoms with Crippen molar-refractivity contribution in [2.45, 2.75) is 14.7 Å². The molecule has 0 saturated carbocycles. The van der Waals surface area contributed by atoms with E-state index in [9.17, 15) is 42.1 Å². The molecule has 25 heteroatoms. The van der Waals surface area contributed by atoms with E-state index in [2.05, 4.69) is 39.2 Å². The van der Waals surface area contributed by atoms with Crippen molar-refractivity contribution in [3.63, 3.8) is 0 Å². The van der Waals surface area contributed by atoms with Gasteiger partial charge in [0.15, 0.2) is 22.2 Å². The Morgan fingerprint density at radius 2 is 1.31 bits per heavy atom. The molecule has 3 aromatic carbocycles. The maximum absolute atomic E-state index is 12.3. The summed E-state index contributed by atoms with van der Waals surface area (Å²) in [5, 5.41) is 61.4. The van der Waals surface area contributed by atoms with Gasteiger partial charge in [-0.25, -0.2) is 16.8 Å². The topological polar surface area (TPSA) is 274 Å². The average molecular weight is 733 g/mol. The van der Waals surface area contributed by atoms with Crippen LogP contribution in [0.3, 0.4) is 0 Å². The van der Waals surface area contributed by atoms with Gasteiger partial charge in [0.1, 0.15) is 38.7 Å². The summed E-state index contributed by atoms with van der Waals surface area (Å²) in [6, 6.07) is 10.1. The smallest absolute Gasteiger partial charge is 0.744 e. The molecule has 226 valence electrons. The van der Waals surface area contributed by atoms with E-state index < -0.39 is 47.8 Å². The third-order valence-electron chi connectivity index (χ3n) is 4.70. The van der Waals surface area contributed by atoms with Crippen molar-refractivity contribution < 1.29 is 154 Å². The Balaban J connectivity index is 0.00000645. The van der Waals surface area contributed by atoms with Gasteiger partial charge in [-0.2, -0.15) is 9.45 Å². The normalized spacial score (nSPS) is 11.6. The van der Waals surface area contributed by atoms with E-state index in [-0.39, 0.29) is 134 Å². The minimum absolute atomic E-state index is 0. The Morgan fingerprint density at radius 1 is 0.733 bits per heavy atom. The van der Waals surface area contributed by atoms with Crippen molar-refractivity contribution in [3.8, 4) is 11.5 Å². The number of azo groups is 2. The maximum atomic E-state index is 12.3. The second-order valence-corrected chi connectivity index (χ2v) is 12.1. The van der Waals surface area contributed by atoms with E-state index in [1.165, 1.54) is 24.3 Å². The van der Waals surface area contributed by atoms with Gasteiger partial charge >= 0.3 is 88.7 Å². The molecule has 18 nitrogen and oxygen atoms in total. The summed E-state index contributed by atoms with van der Waals surface area (Å²) >= 11 is 0.569. The SMILES string of the molecule is O=S(=O)([O-])c1ccc(SOO[O-])cc1N=Nc1cc(N=Nc2ccc(S(=O)(=O)CCOSOO[O-])cc2)c(O)cc1O.[Na+].[Na+].[Na+]. The van der Waals surface area contributed by atoms with Crippen LogP contribution in [0.1, 0.15) is 0 Å². The van der Waals surface area contributed by atoms with Crippen LogP contribution in [0.2, 0.25) is 0 Å². The standard InChI is InChI=1S/C20H18N4O14S4.3Na/c25-18-11-19(26)16(23-24-17-9-13(39-37-35-27)3-6-20(17)42(31,32)33)10-15(18)22-21-12-1-4-14(5-2-12)41(29,30)8-7-34-40-38-36-28;;;/h1-6,9-11,25-28H,7-8H2,(H,31,32,33);;;/q;3*+1/p-3. The molecular weight excluding hydrogens is 717 g/mol. The zero-order valence-corrected chi connectivity index (χ0v) is 32.6. The number of benzene rings is 3. The van der Waals surface area contributed by atoms with Crippen molar-refractivity contribution in [1.29, 1.82) is 0 Å². The van der Waals surface area contributed by atoms with E-state index in [0.717, 1.165) is 30.3 Å². The Labute approximate surface area is 330 Å². The first-order valence-electron chi connectivity index (χ1n) is 10.6. The summed E-state index contributed by atoms with van der Waals surface area (Å²) in [5.74, 6) is -1.57. The molecule has 0 aliphatic heterocycles. The molecule has 0 heterocycles. The molecule has 0 aromatic heterocycles. The Bertz CT molecular complexity index is 1670. The van der Waals surface area contributed by atoms with E-state index in [1.54, 1.807) is 0 Å². The van der Waals surface area contributed by atoms with Crippen LogP contribution >= 0.6 is 24.4 Å². The Hall–Kier alpha value is -0.260. The van der Waals surface area contributed by atoms with E-state index in [1.807, 2.05) is 0 Å². The van der Waals surface area contributed by atoms with Crippen LogP contribution in [0, 0.1) is 0 Å². The van der Waals surface area contributed by atoms with Crippen LogP contribution in [0.25, 0.3) is 0 Å². The quantitative estimate of drug-likeness (QED) is 0.0280. The predicted molar refractivity (Wildman–Crippen MR) is 135 cm³/mol. The number of hydrogen-bond donors (Lipinski definition) is 2. The van der Waals surface area contributed by atoms with E-state index >= 15 is 0 Å². The van der Waals surface area contributed by atoms with E-state index in [0.29, 0.717) is 12.0 Å². The molecular formula is C20H15N4Na3O14S4. The molecule has 0 aliphatic carbocycles. The summed E-state index contributed by atoms with van der Waals surface area (Å²) in [5.41, 5.74) is -0.840. The van der Waals surface area contributed by atoms with Crippen LogP contribution in [-0.4, -0.2) is 44.0 Å². The fourth-order valence-electron chi connectivity index (χ4n) is 2.87. The molecule has 45 heavy (non-hydrogen) atoms. The van der Waals surface area contributed by atoms with Crippen LogP contribution in [0.4, 0.5) is 22.7 Å². The van der Waals surface area contributed by atoms with Gasteiger partial charge in [0.05, 0.1) is 39.9 Å². The first kappa shape index (κ1) is 44.7. The van der Waals surface area contributed by atoms with Crippen LogP contribution in [-0.2, 0) is 42.9 Å². The fraction of sp³-hybridized carbons (Fsp3) is 0.100. The molecule has 0 aliphatic rings. The second-order valence-electron chi connectivity index (χ2n) is 7.37. The Morgan fingerprint density at radius 3 is 1.89 bits per heavy atom. The third-order valence-corrected chi connectivity index (χ3v) is 8.23. The maximum Gasteiger partial charge on any atom is 1.00 e. The first-order valence-corrected chi connectivity index (χ1v) is 15.1.